The summed E-state index contributed by atoms with van der Waals surface area (Å²) in [4.78, 5) is 12.2. The van der Waals surface area contributed by atoms with Gasteiger partial charge in [-0.15, -0.1) is 0 Å². The number of carbonyl (C=O) groups excluding carboxylic acids is 1. The molecule has 1 aromatic rings. The van der Waals surface area contributed by atoms with E-state index >= 15 is 0 Å². The Labute approximate surface area is 92.7 Å². The zero-order chi connectivity index (χ0) is 11.0. The number of Topliss-reactive ketones (excluding diaryl/α,β-unsaturated/α-hetero) is 1. The van der Waals surface area contributed by atoms with Crippen molar-refractivity contribution in [2.24, 2.45) is 0 Å². The lowest BCUT2D eigenvalue weighted by Crippen LogP contribution is -2.15. The van der Waals surface area contributed by atoms with Crippen molar-refractivity contribution in [3.63, 3.8) is 0 Å². The second-order valence-electron chi connectivity index (χ2n) is 3.56. The molecule has 0 atom stereocenters. The van der Waals surface area contributed by atoms with Gasteiger partial charge in [0.25, 0.3) is 0 Å². The van der Waals surface area contributed by atoms with E-state index in [1.807, 2.05) is 12.1 Å². The Morgan fingerprint density at radius 2 is 2.06 bits per heavy atom. The van der Waals surface area contributed by atoms with Crippen molar-refractivity contribution in [2.75, 3.05) is 0 Å². The van der Waals surface area contributed by atoms with Gasteiger partial charge in [0.15, 0.2) is 5.78 Å². The number of allylic oxidation sites excluding steroid dienone is 3. The Bertz CT molecular complexity index is 553. The number of ketones is 1. The molecule has 1 aromatic carbocycles. The van der Waals surface area contributed by atoms with Crippen LogP contribution in [0.15, 0.2) is 60.1 Å². The number of nitrogens with one attached hydrogen (secondary N) is 1. The highest BCUT2D eigenvalue weighted by molar-refractivity contribution is 6.13. The van der Waals surface area contributed by atoms with Gasteiger partial charge in [0.1, 0.15) is 12.0 Å². The number of hydrogen-bond donors (Lipinski definition) is 1. The second-order valence-corrected chi connectivity index (χ2v) is 3.56. The van der Waals surface area contributed by atoms with Crippen molar-refractivity contribution in [3.8, 4) is 5.75 Å². The van der Waals surface area contributed by atoms with Gasteiger partial charge in [0.05, 0.1) is 11.3 Å². The summed E-state index contributed by atoms with van der Waals surface area (Å²) in [5.74, 6) is 0.577. The standard InChI is InChI=1S/C13H9NO2/c15-13-9-5-3-7-14-11(9)8-16-12-6-2-1-4-10(12)13/h1-8,14H. The highest BCUT2D eigenvalue weighted by Gasteiger charge is 2.23. The Morgan fingerprint density at radius 1 is 1.19 bits per heavy atom. The van der Waals surface area contributed by atoms with E-state index in [4.69, 9.17) is 4.74 Å². The van der Waals surface area contributed by atoms with E-state index in [0.29, 0.717) is 22.6 Å². The van der Waals surface area contributed by atoms with Crippen LogP contribution in [0.4, 0.5) is 0 Å². The molecule has 1 N–H and O–H groups in total. The van der Waals surface area contributed by atoms with Crippen molar-refractivity contribution in [1.82, 2.24) is 5.32 Å². The molecular weight excluding hydrogens is 202 g/mol. The molecule has 0 fully saturated rings. The van der Waals surface area contributed by atoms with E-state index in [0.717, 1.165) is 0 Å². The number of ether oxygens (including phenoxy) is 1. The van der Waals surface area contributed by atoms with Crippen LogP contribution in [-0.2, 0) is 0 Å². The molecule has 2 aliphatic rings. The van der Waals surface area contributed by atoms with E-state index < -0.39 is 0 Å². The average molecular weight is 211 g/mol. The molecule has 2 aliphatic heterocycles. The first-order valence-electron chi connectivity index (χ1n) is 5.00. The lowest BCUT2D eigenvalue weighted by molar-refractivity contribution is 0.103. The molecule has 0 amide bonds. The monoisotopic (exact) mass is 211 g/mol. The van der Waals surface area contributed by atoms with Crippen LogP contribution in [0.25, 0.3) is 0 Å². The van der Waals surface area contributed by atoms with Gasteiger partial charge in [0.2, 0.25) is 0 Å². The summed E-state index contributed by atoms with van der Waals surface area (Å²) in [6.07, 6.45) is 6.93. The van der Waals surface area contributed by atoms with Gasteiger partial charge in [-0.05, 0) is 24.3 Å². The van der Waals surface area contributed by atoms with Crippen LogP contribution in [0, 0.1) is 0 Å². The quantitative estimate of drug-likeness (QED) is 0.714. The molecule has 0 aromatic heterocycles. The minimum absolute atomic E-state index is 0.0174. The number of rotatable bonds is 0. The zero-order valence-corrected chi connectivity index (χ0v) is 8.44. The molecule has 0 bridgehead atoms. The Hall–Kier alpha value is -2.29. The highest BCUT2D eigenvalue weighted by atomic mass is 16.5. The largest absolute Gasteiger partial charge is 0.462 e. The lowest BCUT2D eigenvalue weighted by atomic mass is 10.00. The molecule has 0 aliphatic carbocycles. The smallest absolute Gasteiger partial charge is 0.198 e. The molecule has 16 heavy (non-hydrogen) atoms. The van der Waals surface area contributed by atoms with Crippen LogP contribution in [-0.4, -0.2) is 5.78 Å². The maximum Gasteiger partial charge on any atom is 0.198 e. The lowest BCUT2D eigenvalue weighted by Gasteiger charge is -2.10. The molecular formula is C13H9NO2. The number of hydrogen-bond acceptors (Lipinski definition) is 3. The summed E-state index contributed by atoms with van der Waals surface area (Å²) in [5.41, 5.74) is 1.92. The summed E-state index contributed by atoms with van der Waals surface area (Å²) in [7, 11) is 0. The minimum Gasteiger partial charge on any atom is -0.462 e. The van der Waals surface area contributed by atoms with Crippen LogP contribution in [0.3, 0.4) is 0 Å². The fourth-order valence-electron chi connectivity index (χ4n) is 1.77. The maximum absolute atomic E-state index is 12.2. The zero-order valence-electron chi connectivity index (χ0n) is 8.44. The van der Waals surface area contributed by atoms with Crippen molar-refractivity contribution >= 4 is 5.78 Å². The Morgan fingerprint density at radius 3 is 3.00 bits per heavy atom. The fraction of sp³-hybridized carbons (Fsp3) is 0. The first kappa shape index (κ1) is 8.97. The van der Waals surface area contributed by atoms with E-state index in [1.165, 1.54) is 0 Å². The Kier molecular flexibility index (Phi) is 1.90. The normalized spacial score (nSPS) is 17.1. The third-order valence-electron chi connectivity index (χ3n) is 2.57. The van der Waals surface area contributed by atoms with Crippen LogP contribution < -0.4 is 10.1 Å². The van der Waals surface area contributed by atoms with Gasteiger partial charge in [-0.25, -0.2) is 0 Å². The first-order chi connectivity index (χ1) is 7.86. The third-order valence-corrected chi connectivity index (χ3v) is 2.57. The molecule has 0 saturated heterocycles. The number of benzene rings is 1. The van der Waals surface area contributed by atoms with Gasteiger partial charge in [0, 0.05) is 11.8 Å². The van der Waals surface area contributed by atoms with E-state index in [-0.39, 0.29) is 5.78 Å². The number of para-hydroxylation sites is 1. The molecule has 3 nitrogen and oxygen atoms in total. The average Bonchev–Trinajstić information content (AvgIpc) is 2.49. The summed E-state index contributed by atoms with van der Waals surface area (Å²) < 4.78 is 5.47. The number of carbonyl (C=O) groups is 1. The van der Waals surface area contributed by atoms with Crippen molar-refractivity contribution in [3.05, 3.63) is 65.7 Å². The van der Waals surface area contributed by atoms with Crippen LogP contribution >= 0.6 is 0 Å². The Balaban J connectivity index is 2.19. The van der Waals surface area contributed by atoms with Crippen molar-refractivity contribution in [2.45, 2.75) is 0 Å². The highest BCUT2D eigenvalue weighted by Crippen LogP contribution is 2.28. The summed E-state index contributed by atoms with van der Waals surface area (Å²) in [6.45, 7) is 0. The van der Waals surface area contributed by atoms with Crippen molar-refractivity contribution in [1.29, 1.82) is 0 Å². The van der Waals surface area contributed by atoms with Gasteiger partial charge in [-0.3, -0.25) is 4.79 Å². The van der Waals surface area contributed by atoms with Gasteiger partial charge < -0.3 is 10.1 Å². The number of dihydropyridines is 1. The van der Waals surface area contributed by atoms with Crippen LogP contribution in [0.1, 0.15) is 10.4 Å². The van der Waals surface area contributed by atoms with E-state index in [2.05, 4.69) is 5.32 Å². The van der Waals surface area contributed by atoms with Crippen LogP contribution in [0.2, 0.25) is 0 Å². The SMILES string of the molecule is O=C1C2=CC=CNC2=COc2ccccc21. The van der Waals surface area contributed by atoms with Gasteiger partial charge in [-0.2, -0.15) is 0 Å². The van der Waals surface area contributed by atoms with E-state index in [1.54, 1.807) is 36.7 Å². The summed E-state index contributed by atoms with van der Waals surface area (Å²) in [6, 6.07) is 7.24. The molecule has 3 heteroatoms. The molecule has 0 saturated carbocycles. The van der Waals surface area contributed by atoms with Gasteiger partial charge in [-0.1, -0.05) is 12.1 Å². The van der Waals surface area contributed by atoms with Crippen molar-refractivity contribution < 1.29 is 9.53 Å². The van der Waals surface area contributed by atoms with Crippen LogP contribution in [0.5, 0.6) is 5.75 Å². The first-order valence-corrected chi connectivity index (χ1v) is 5.00. The molecule has 0 radical (unpaired) electrons. The summed E-state index contributed by atoms with van der Waals surface area (Å²) in [5, 5.41) is 2.99. The van der Waals surface area contributed by atoms with E-state index in [9.17, 15) is 4.79 Å². The number of fused-ring (bicyclic) bond motifs is 2. The molecule has 2 heterocycles. The summed E-state index contributed by atoms with van der Waals surface area (Å²) >= 11 is 0. The predicted molar refractivity (Wildman–Crippen MR) is 59.8 cm³/mol. The molecule has 78 valence electrons. The second kappa shape index (κ2) is 3.38. The molecule has 0 unspecified atom stereocenters. The molecule has 0 spiro atoms. The topological polar surface area (TPSA) is 38.3 Å². The fourth-order valence-corrected chi connectivity index (χ4v) is 1.77. The molecule has 3 rings (SSSR count). The third kappa shape index (κ3) is 1.26. The van der Waals surface area contributed by atoms with Gasteiger partial charge >= 0.3 is 0 Å². The predicted octanol–water partition coefficient (Wildman–Crippen LogP) is 2.15. The maximum atomic E-state index is 12.2. The minimum atomic E-state index is -0.0174.